The number of rotatable bonds is 9. The second-order valence-electron chi connectivity index (χ2n) is 8.67. The van der Waals surface area contributed by atoms with Crippen molar-refractivity contribution in [2.45, 2.75) is 33.7 Å². The van der Waals surface area contributed by atoms with Crippen LogP contribution in [0.1, 0.15) is 56.7 Å². The van der Waals surface area contributed by atoms with E-state index in [4.69, 9.17) is 9.47 Å². The Bertz CT molecular complexity index is 1190. The number of likely N-dealkylation sites (N-methyl/N-ethyl adjacent to an activating group) is 1. The van der Waals surface area contributed by atoms with Gasteiger partial charge in [-0.05, 0) is 51.5 Å². The van der Waals surface area contributed by atoms with Gasteiger partial charge >= 0.3 is 5.97 Å². The fourth-order valence-electron chi connectivity index (χ4n) is 3.82. The number of carbonyl (C=O) groups excluding carboxylic acids is 4. The standard InChI is InChI=1S/C25H30FN3O6S/c1-7-35-25(33)22-15(4)21-23(32)28(12-20(31)27(5)14(2)3)13-29(24(21)36-22)11-18(30)17-10-16(26)8-9-19(17)34-6/h8-10,14H,7,11-13H2,1-6H3. The summed E-state index contributed by atoms with van der Waals surface area (Å²) in [6.07, 6.45) is 0. The lowest BCUT2D eigenvalue weighted by Crippen LogP contribution is -2.52. The maximum absolute atomic E-state index is 13.9. The van der Waals surface area contributed by atoms with Crippen molar-refractivity contribution in [2.24, 2.45) is 0 Å². The van der Waals surface area contributed by atoms with Crippen molar-refractivity contribution in [3.05, 3.63) is 45.6 Å². The first-order chi connectivity index (χ1) is 17.0. The van der Waals surface area contributed by atoms with Gasteiger partial charge < -0.3 is 24.2 Å². The molecular weight excluding hydrogens is 489 g/mol. The predicted octanol–water partition coefficient (Wildman–Crippen LogP) is 3.35. The van der Waals surface area contributed by atoms with Crippen LogP contribution in [0.3, 0.4) is 0 Å². The van der Waals surface area contributed by atoms with Crippen LogP contribution in [-0.4, -0.2) is 79.9 Å². The highest BCUT2D eigenvalue weighted by molar-refractivity contribution is 7.18. The van der Waals surface area contributed by atoms with E-state index in [0.717, 1.165) is 17.4 Å². The number of hydrogen-bond acceptors (Lipinski definition) is 8. The summed E-state index contributed by atoms with van der Waals surface area (Å²) in [5.74, 6) is -2.06. The maximum atomic E-state index is 13.9. The Morgan fingerprint density at radius 3 is 2.50 bits per heavy atom. The van der Waals surface area contributed by atoms with Gasteiger partial charge in [0.25, 0.3) is 5.91 Å². The molecule has 2 amide bonds. The van der Waals surface area contributed by atoms with E-state index in [1.807, 2.05) is 13.8 Å². The molecule has 0 radical (unpaired) electrons. The van der Waals surface area contributed by atoms with E-state index in [2.05, 4.69) is 0 Å². The second kappa shape index (κ2) is 11.1. The number of hydrogen-bond donors (Lipinski definition) is 0. The minimum Gasteiger partial charge on any atom is -0.496 e. The van der Waals surface area contributed by atoms with Gasteiger partial charge in [0, 0.05) is 13.1 Å². The Morgan fingerprint density at radius 2 is 1.89 bits per heavy atom. The van der Waals surface area contributed by atoms with Crippen molar-refractivity contribution in [1.82, 2.24) is 9.80 Å². The van der Waals surface area contributed by atoms with Crippen LogP contribution >= 0.6 is 11.3 Å². The van der Waals surface area contributed by atoms with Gasteiger partial charge in [0.2, 0.25) is 5.91 Å². The van der Waals surface area contributed by atoms with Gasteiger partial charge in [-0.3, -0.25) is 14.4 Å². The number of Topliss-reactive ketones (excluding diaryl/α,β-unsaturated/α-hetero) is 1. The molecular formula is C25H30FN3O6S. The molecule has 0 atom stereocenters. The Morgan fingerprint density at radius 1 is 1.19 bits per heavy atom. The van der Waals surface area contributed by atoms with E-state index < -0.39 is 23.5 Å². The predicted molar refractivity (Wildman–Crippen MR) is 133 cm³/mol. The highest BCUT2D eigenvalue weighted by atomic mass is 32.1. The van der Waals surface area contributed by atoms with Crippen LogP contribution in [0, 0.1) is 12.7 Å². The molecule has 1 aromatic carbocycles. The molecule has 36 heavy (non-hydrogen) atoms. The molecule has 0 unspecified atom stereocenters. The summed E-state index contributed by atoms with van der Waals surface area (Å²) >= 11 is 1.06. The normalized spacial score (nSPS) is 13.1. The van der Waals surface area contributed by atoms with Crippen LogP contribution in [0.15, 0.2) is 18.2 Å². The number of methoxy groups -OCH3 is 1. The summed E-state index contributed by atoms with van der Waals surface area (Å²) in [4.78, 5) is 56.7. The van der Waals surface area contributed by atoms with Gasteiger partial charge in [0.15, 0.2) is 5.78 Å². The number of fused-ring (bicyclic) bond motifs is 1. The first-order valence-electron chi connectivity index (χ1n) is 11.5. The quantitative estimate of drug-likeness (QED) is 0.370. The number of carbonyl (C=O) groups is 4. The van der Waals surface area contributed by atoms with E-state index in [9.17, 15) is 23.6 Å². The minimum absolute atomic E-state index is 0.0528. The largest absolute Gasteiger partial charge is 0.496 e. The molecule has 0 bridgehead atoms. The Labute approximate surface area is 213 Å². The molecule has 0 fully saturated rings. The van der Waals surface area contributed by atoms with Gasteiger partial charge in [-0.25, -0.2) is 9.18 Å². The smallest absolute Gasteiger partial charge is 0.348 e. The van der Waals surface area contributed by atoms with Crippen LogP contribution < -0.4 is 9.64 Å². The summed E-state index contributed by atoms with van der Waals surface area (Å²) < 4.78 is 24.3. The average molecular weight is 520 g/mol. The molecule has 0 N–H and O–H groups in total. The number of halogens is 1. The zero-order valence-electron chi connectivity index (χ0n) is 21.2. The van der Waals surface area contributed by atoms with Gasteiger partial charge in [-0.1, -0.05) is 0 Å². The van der Waals surface area contributed by atoms with Crippen molar-refractivity contribution in [3.63, 3.8) is 0 Å². The lowest BCUT2D eigenvalue weighted by atomic mass is 10.1. The van der Waals surface area contributed by atoms with Gasteiger partial charge in [-0.2, -0.15) is 0 Å². The highest BCUT2D eigenvalue weighted by Crippen LogP contribution is 2.40. The summed E-state index contributed by atoms with van der Waals surface area (Å²) in [5, 5.41) is 0.421. The number of esters is 1. The second-order valence-corrected chi connectivity index (χ2v) is 9.66. The van der Waals surface area contributed by atoms with Crippen molar-refractivity contribution in [1.29, 1.82) is 0 Å². The van der Waals surface area contributed by atoms with Crippen LogP contribution in [0.5, 0.6) is 5.75 Å². The molecule has 1 aliphatic rings. The molecule has 11 heteroatoms. The zero-order valence-corrected chi connectivity index (χ0v) is 22.0. The van der Waals surface area contributed by atoms with E-state index >= 15 is 0 Å². The molecule has 1 aromatic heterocycles. The molecule has 0 aliphatic carbocycles. The number of ketones is 1. The first-order valence-corrected chi connectivity index (χ1v) is 12.3. The van der Waals surface area contributed by atoms with Crippen LogP contribution in [0.25, 0.3) is 0 Å². The first kappa shape index (κ1) is 27.1. The molecule has 1 aliphatic heterocycles. The van der Waals surface area contributed by atoms with E-state index in [1.165, 1.54) is 29.0 Å². The zero-order chi connectivity index (χ0) is 26.7. The third kappa shape index (κ3) is 5.35. The van der Waals surface area contributed by atoms with Crippen LogP contribution in [0.4, 0.5) is 9.39 Å². The van der Waals surface area contributed by atoms with Crippen LogP contribution in [-0.2, 0) is 9.53 Å². The number of anilines is 1. The van der Waals surface area contributed by atoms with Crippen molar-refractivity contribution < 1.29 is 33.0 Å². The summed E-state index contributed by atoms with van der Waals surface area (Å²) in [5.41, 5.74) is 0.721. The summed E-state index contributed by atoms with van der Waals surface area (Å²) in [6.45, 7) is 6.72. The molecule has 0 spiro atoms. The number of nitrogens with zero attached hydrogens (tertiary/aromatic N) is 3. The van der Waals surface area contributed by atoms with E-state index in [1.54, 1.807) is 25.8 Å². The Kier molecular flexibility index (Phi) is 8.34. The van der Waals surface area contributed by atoms with Crippen molar-refractivity contribution in [2.75, 3.05) is 45.4 Å². The average Bonchev–Trinajstić information content (AvgIpc) is 3.19. The van der Waals surface area contributed by atoms with Crippen molar-refractivity contribution in [3.8, 4) is 5.75 Å². The fourth-order valence-corrected chi connectivity index (χ4v) is 5.00. The number of ether oxygens (including phenoxy) is 2. The molecule has 194 valence electrons. The minimum atomic E-state index is -0.589. The molecule has 3 rings (SSSR count). The Hall–Kier alpha value is -3.47. The van der Waals surface area contributed by atoms with Crippen LogP contribution in [0.2, 0.25) is 0 Å². The van der Waals surface area contributed by atoms with Crippen molar-refractivity contribution >= 4 is 39.9 Å². The maximum Gasteiger partial charge on any atom is 0.348 e. The lowest BCUT2D eigenvalue weighted by molar-refractivity contribution is -0.132. The topological polar surface area (TPSA) is 96.5 Å². The molecule has 0 saturated heterocycles. The number of benzene rings is 1. The number of thiophene rings is 1. The van der Waals surface area contributed by atoms with E-state index in [0.29, 0.717) is 10.6 Å². The number of amides is 2. The molecule has 2 heterocycles. The third-order valence-corrected chi connectivity index (χ3v) is 7.34. The van der Waals surface area contributed by atoms with Gasteiger partial charge in [0.05, 0.1) is 38.1 Å². The van der Waals surface area contributed by atoms with Gasteiger partial charge in [0.1, 0.15) is 28.0 Å². The molecule has 0 saturated carbocycles. The monoisotopic (exact) mass is 519 g/mol. The Balaban J connectivity index is 2.02. The molecule has 9 nitrogen and oxygen atoms in total. The van der Waals surface area contributed by atoms with Gasteiger partial charge in [-0.15, -0.1) is 11.3 Å². The third-order valence-electron chi connectivity index (χ3n) is 6.01. The van der Waals surface area contributed by atoms with E-state index in [-0.39, 0.29) is 60.1 Å². The highest BCUT2D eigenvalue weighted by Gasteiger charge is 2.38. The fraction of sp³-hybridized carbons (Fsp3) is 0.440. The summed E-state index contributed by atoms with van der Waals surface area (Å²) in [6, 6.07) is 3.60. The molecule has 2 aromatic rings. The summed E-state index contributed by atoms with van der Waals surface area (Å²) in [7, 11) is 3.04. The SMILES string of the molecule is CCOC(=O)c1sc2c(c1C)C(=O)N(CC(=O)N(C)C(C)C)CN2CC(=O)c1cc(F)ccc1OC. The lowest BCUT2D eigenvalue weighted by Gasteiger charge is -2.37.